The maximum Gasteiger partial charge on any atom is 0.156 e. The molecule has 0 N–H and O–H groups in total. The Morgan fingerprint density at radius 1 is 0.410 bits per heavy atom. The van der Waals surface area contributed by atoms with Crippen LogP contribution in [0.4, 0.5) is 0 Å². The van der Waals surface area contributed by atoms with Crippen LogP contribution >= 0.6 is 0 Å². The lowest BCUT2D eigenvalue weighted by molar-refractivity contribution is 0.532. The van der Waals surface area contributed by atoms with Crippen molar-refractivity contribution < 1.29 is 8.83 Å². The molecule has 0 spiro atoms. The second kappa shape index (κ2) is 16.5. The summed E-state index contributed by atoms with van der Waals surface area (Å²) in [6, 6.07) is 85.1. The molecule has 1 aliphatic rings. The third kappa shape index (κ3) is 6.14. The predicted molar refractivity (Wildman–Crippen MR) is 325 cm³/mol. The Hall–Kier alpha value is -10.0. The highest BCUT2D eigenvalue weighted by molar-refractivity contribution is 6.28. The number of para-hydroxylation sites is 3. The molecular weight excluding hydrogens is 953 g/mol. The topological polar surface area (TPSA) is 60.9 Å². The van der Waals surface area contributed by atoms with Crippen molar-refractivity contribution in [2.75, 3.05) is 0 Å². The van der Waals surface area contributed by atoms with Crippen molar-refractivity contribution in [2.45, 2.75) is 19.4 Å². The van der Waals surface area contributed by atoms with Gasteiger partial charge < -0.3 is 18.0 Å². The molecule has 78 heavy (non-hydrogen) atoms. The van der Waals surface area contributed by atoms with Crippen LogP contribution in [0.25, 0.3) is 131 Å². The molecule has 1 aliphatic heterocycles. The summed E-state index contributed by atoms with van der Waals surface area (Å²) in [4.78, 5) is 12.0. The number of rotatable bonds is 6. The SMILES string of the molecule is CCC1C(c2cccc3c2c2ccccc2n3-c2ccccc2)=NC(c2cccc3oc4ccccc4c23)=NC1c1cc2c(cc1-n1c3cc4ccccc4cc3c3ccc4ccccc4c31)oc1c3ccccc3ccc21. The summed E-state index contributed by atoms with van der Waals surface area (Å²) in [6.45, 7) is 2.31. The summed E-state index contributed by atoms with van der Waals surface area (Å²) in [5, 5.41) is 15.9. The molecule has 0 amide bonds. The average molecular weight is 999 g/mol. The predicted octanol–water partition coefficient (Wildman–Crippen LogP) is 19.2. The molecule has 16 aromatic rings. The molecule has 0 bridgehead atoms. The smallest absolute Gasteiger partial charge is 0.156 e. The molecule has 0 saturated carbocycles. The van der Waals surface area contributed by atoms with E-state index in [2.05, 4.69) is 241 Å². The first-order valence-corrected chi connectivity index (χ1v) is 27.0. The van der Waals surface area contributed by atoms with Crippen molar-refractivity contribution in [3.05, 3.63) is 253 Å². The van der Waals surface area contributed by atoms with Crippen molar-refractivity contribution in [1.82, 2.24) is 9.13 Å². The maximum atomic E-state index is 7.19. The first-order valence-electron chi connectivity index (χ1n) is 27.0. The fraction of sp³-hybridized carbons (Fsp3) is 0.0556. The van der Waals surface area contributed by atoms with E-state index in [0.29, 0.717) is 5.84 Å². The van der Waals surface area contributed by atoms with E-state index < -0.39 is 6.04 Å². The number of fused-ring (bicyclic) bond motifs is 17. The van der Waals surface area contributed by atoms with Crippen molar-refractivity contribution in [1.29, 1.82) is 0 Å². The molecule has 2 unspecified atom stereocenters. The summed E-state index contributed by atoms with van der Waals surface area (Å²) in [5.41, 5.74) is 14.2. The normalized spacial score (nSPS) is 15.2. The summed E-state index contributed by atoms with van der Waals surface area (Å²) in [5.74, 6) is 0.507. The molecule has 17 rings (SSSR count). The maximum absolute atomic E-state index is 7.19. The van der Waals surface area contributed by atoms with Gasteiger partial charge in [-0.3, -0.25) is 4.99 Å². The van der Waals surface area contributed by atoms with Crippen LogP contribution in [0.1, 0.15) is 36.1 Å². The summed E-state index contributed by atoms with van der Waals surface area (Å²) >= 11 is 0. The van der Waals surface area contributed by atoms with Gasteiger partial charge in [-0.15, -0.1) is 0 Å². The van der Waals surface area contributed by atoms with Gasteiger partial charge in [-0.1, -0.05) is 177 Å². The Kier molecular flexibility index (Phi) is 9.13. The first kappa shape index (κ1) is 43.2. The lowest BCUT2D eigenvalue weighted by Gasteiger charge is -2.32. The molecule has 2 atom stereocenters. The molecule has 0 fully saturated rings. The minimum absolute atomic E-state index is 0.167. The zero-order valence-corrected chi connectivity index (χ0v) is 42.5. The number of aliphatic imine (C=N–C) groups is 2. The third-order valence-electron chi connectivity index (χ3n) is 16.9. The van der Waals surface area contributed by atoms with Gasteiger partial charge in [0.2, 0.25) is 0 Å². The second-order valence-electron chi connectivity index (χ2n) is 21.0. The van der Waals surface area contributed by atoms with Crippen molar-refractivity contribution in [2.24, 2.45) is 15.9 Å². The Morgan fingerprint density at radius 3 is 1.90 bits per heavy atom. The van der Waals surface area contributed by atoms with Gasteiger partial charge in [0.05, 0.1) is 39.5 Å². The summed E-state index contributed by atoms with van der Waals surface area (Å²) in [6.07, 6.45) is 0.766. The number of hydrogen-bond acceptors (Lipinski definition) is 4. The van der Waals surface area contributed by atoms with Gasteiger partial charge in [0.15, 0.2) is 5.84 Å². The first-order chi connectivity index (χ1) is 38.6. The van der Waals surface area contributed by atoms with Gasteiger partial charge in [-0.25, -0.2) is 4.99 Å². The Balaban J connectivity index is 1.02. The number of benzene rings is 12. The van der Waals surface area contributed by atoms with E-state index in [9.17, 15) is 0 Å². The van der Waals surface area contributed by atoms with Crippen LogP contribution in [0.3, 0.4) is 0 Å². The van der Waals surface area contributed by atoms with Gasteiger partial charge in [0, 0.05) is 88.2 Å². The van der Waals surface area contributed by atoms with Crippen LogP contribution in [0, 0.1) is 5.92 Å². The molecule has 0 aliphatic carbocycles. The number of nitrogens with zero attached hydrogens (tertiary/aromatic N) is 4. The van der Waals surface area contributed by atoms with E-state index in [4.69, 9.17) is 18.8 Å². The van der Waals surface area contributed by atoms with Crippen LogP contribution in [-0.4, -0.2) is 20.7 Å². The number of amidine groups is 1. The van der Waals surface area contributed by atoms with Gasteiger partial charge >= 0.3 is 0 Å². The zero-order valence-electron chi connectivity index (χ0n) is 42.5. The third-order valence-corrected chi connectivity index (χ3v) is 16.9. The Bertz CT molecular complexity index is 5280. The molecule has 12 aromatic carbocycles. The molecule has 4 aromatic heterocycles. The van der Waals surface area contributed by atoms with Crippen molar-refractivity contribution in [3.8, 4) is 11.4 Å². The highest BCUT2D eigenvalue weighted by Gasteiger charge is 2.37. The van der Waals surface area contributed by atoms with Crippen LogP contribution in [0.15, 0.2) is 255 Å². The number of furan rings is 2. The summed E-state index contributed by atoms with van der Waals surface area (Å²) < 4.78 is 18.7. The highest BCUT2D eigenvalue weighted by atomic mass is 16.3. The highest BCUT2D eigenvalue weighted by Crippen LogP contribution is 2.48. The fourth-order valence-electron chi connectivity index (χ4n) is 13.4. The van der Waals surface area contributed by atoms with E-state index >= 15 is 0 Å². The molecule has 0 radical (unpaired) electrons. The van der Waals surface area contributed by atoms with Crippen molar-refractivity contribution in [3.63, 3.8) is 0 Å². The van der Waals surface area contributed by atoms with E-state index in [0.717, 1.165) is 117 Å². The van der Waals surface area contributed by atoms with E-state index in [-0.39, 0.29) is 5.92 Å². The lowest BCUT2D eigenvalue weighted by atomic mass is 9.81. The number of aromatic nitrogens is 2. The fourth-order valence-corrected chi connectivity index (χ4v) is 13.4. The number of hydrogen-bond donors (Lipinski definition) is 0. The monoisotopic (exact) mass is 998 g/mol. The lowest BCUT2D eigenvalue weighted by Crippen LogP contribution is -2.29. The largest absolute Gasteiger partial charge is 0.456 e. The molecule has 6 nitrogen and oxygen atoms in total. The second-order valence-corrected chi connectivity index (χ2v) is 21.0. The molecule has 366 valence electrons. The van der Waals surface area contributed by atoms with E-state index in [1.807, 2.05) is 12.1 Å². The zero-order chi connectivity index (χ0) is 51.2. The molecular formula is C72H46N4O2. The minimum atomic E-state index is -0.420. The van der Waals surface area contributed by atoms with Crippen LogP contribution in [0.5, 0.6) is 0 Å². The molecule has 0 saturated heterocycles. The average Bonchev–Trinajstić information content (AvgIpc) is 4.42. The van der Waals surface area contributed by atoms with Gasteiger partial charge in [-0.2, -0.15) is 0 Å². The van der Waals surface area contributed by atoms with Crippen LogP contribution in [-0.2, 0) is 0 Å². The van der Waals surface area contributed by atoms with E-state index in [1.54, 1.807) is 0 Å². The molecule has 6 heteroatoms. The Morgan fingerprint density at radius 2 is 1.06 bits per heavy atom. The van der Waals surface area contributed by atoms with Crippen LogP contribution < -0.4 is 0 Å². The minimum Gasteiger partial charge on any atom is -0.456 e. The Labute approximate surface area is 447 Å². The van der Waals surface area contributed by atoms with Gasteiger partial charge in [0.25, 0.3) is 0 Å². The van der Waals surface area contributed by atoms with Crippen LogP contribution in [0.2, 0.25) is 0 Å². The van der Waals surface area contributed by atoms with Gasteiger partial charge in [0.1, 0.15) is 22.3 Å². The quantitative estimate of drug-likeness (QED) is 0.167. The summed E-state index contributed by atoms with van der Waals surface area (Å²) in [7, 11) is 0. The van der Waals surface area contributed by atoms with E-state index in [1.165, 1.54) is 43.1 Å². The molecule has 5 heterocycles. The van der Waals surface area contributed by atoms with Crippen molar-refractivity contribution >= 4 is 131 Å². The van der Waals surface area contributed by atoms with Gasteiger partial charge in [-0.05, 0) is 88.6 Å². The standard InChI is InChI=1S/C72H46N4O2/c1-2-47-68(54-28-16-31-60-66(54)52-26-12-14-30-59(52)75(60)46-22-4-3-5-23-46)73-72(55-29-17-33-64-67(55)53-27-13-15-32-63(53)77-64)74-69(47)58-40-57-51-37-35-43-19-9-11-25-49(43)71(51)78-65(57)41-62(58)76-61-39-45-21-7-6-20-44(45)38-56(61)50-36-34-42-18-8-10-24-48(42)70(50)76/h3-41,47,69H,2H2,1H3.